The van der Waals surface area contributed by atoms with E-state index in [-0.39, 0.29) is 17.9 Å². The van der Waals surface area contributed by atoms with Crippen LogP contribution in [-0.2, 0) is 16.1 Å². The molecule has 1 aliphatic heterocycles. The average Bonchev–Trinajstić information content (AvgIpc) is 2.53. The van der Waals surface area contributed by atoms with Gasteiger partial charge in [0.25, 0.3) is 0 Å². The van der Waals surface area contributed by atoms with Gasteiger partial charge in [-0.2, -0.15) is 0 Å². The minimum atomic E-state index is -0.339. The van der Waals surface area contributed by atoms with Gasteiger partial charge in [0, 0.05) is 25.2 Å². The molecule has 1 N–H and O–H groups in total. The van der Waals surface area contributed by atoms with Crippen LogP contribution in [0.1, 0.15) is 38.2 Å². The van der Waals surface area contributed by atoms with Crippen molar-refractivity contribution in [3.05, 3.63) is 29.8 Å². The van der Waals surface area contributed by atoms with Gasteiger partial charge in [0.15, 0.2) is 0 Å². The van der Waals surface area contributed by atoms with Gasteiger partial charge in [-0.05, 0) is 51.1 Å². The summed E-state index contributed by atoms with van der Waals surface area (Å²) >= 11 is 0. The number of carbonyl (C=O) groups is 2. The SMILES string of the molecule is CCC(=O)N1CCCC[C@H]1C(=O)Nc1cccc(CN(C)C)c1. The van der Waals surface area contributed by atoms with E-state index < -0.39 is 0 Å². The number of anilines is 1. The number of amides is 2. The van der Waals surface area contributed by atoms with Crippen LogP contribution in [0.4, 0.5) is 5.69 Å². The molecule has 126 valence electrons. The van der Waals surface area contributed by atoms with Crippen molar-refractivity contribution in [1.29, 1.82) is 0 Å². The number of hydrogen-bond donors (Lipinski definition) is 1. The highest BCUT2D eigenvalue weighted by Crippen LogP contribution is 2.20. The standard InChI is InChI=1S/C18H27N3O2/c1-4-17(22)21-11-6-5-10-16(21)18(23)19-15-9-7-8-14(12-15)13-20(2)3/h7-9,12,16H,4-6,10-11,13H2,1-3H3,(H,19,23)/t16-/m0/s1. The largest absolute Gasteiger partial charge is 0.331 e. The van der Waals surface area contributed by atoms with Gasteiger partial charge in [-0.25, -0.2) is 0 Å². The van der Waals surface area contributed by atoms with E-state index >= 15 is 0 Å². The minimum absolute atomic E-state index is 0.0613. The van der Waals surface area contributed by atoms with Crippen LogP contribution in [0.3, 0.4) is 0 Å². The molecule has 1 aromatic rings. The number of nitrogens with one attached hydrogen (secondary N) is 1. The summed E-state index contributed by atoms with van der Waals surface area (Å²) in [5.74, 6) is -0.0142. The molecule has 1 saturated heterocycles. The Labute approximate surface area is 138 Å². The quantitative estimate of drug-likeness (QED) is 0.908. The number of likely N-dealkylation sites (tertiary alicyclic amines) is 1. The van der Waals surface area contributed by atoms with Crippen LogP contribution in [0.15, 0.2) is 24.3 Å². The van der Waals surface area contributed by atoms with Crippen LogP contribution in [0.2, 0.25) is 0 Å². The summed E-state index contributed by atoms with van der Waals surface area (Å²) < 4.78 is 0. The lowest BCUT2D eigenvalue weighted by atomic mass is 10.0. The van der Waals surface area contributed by atoms with E-state index in [1.54, 1.807) is 4.90 Å². The van der Waals surface area contributed by atoms with Crippen LogP contribution in [0, 0.1) is 0 Å². The average molecular weight is 317 g/mol. The first-order chi connectivity index (χ1) is 11.0. The summed E-state index contributed by atoms with van der Waals surface area (Å²) in [6, 6.07) is 7.54. The van der Waals surface area contributed by atoms with Gasteiger partial charge in [0.05, 0.1) is 0 Å². The molecule has 1 atom stereocenters. The predicted molar refractivity (Wildman–Crippen MR) is 92.1 cm³/mol. The summed E-state index contributed by atoms with van der Waals surface area (Å²) in [6.07, 6.45) is 3.16. The molecule has 0 radical (unpaired) electrons. The van der Waals surface area contributed by atoms with E-state index in [4.69, 9.17) is 0 Å². The van der Waals surface area contributed by atoms with Gasteiger partial charge in [0.2, 0.25) is 11.8 Å². The molecule has 0 aromatic heterocycles. The summed E-state index contributed by atoms with van der Waals surface area (Å²) in [4.78, 5) is 28.5. The lowest BCUT2D eigenvalue weighted by Crippen LogP contribution is -2.49. The third-order valence-electron chi connectivity index (χ3n) is 4.12. The number of piperidine rings is 1. The molecule has 2 rings (SSSR count). The fourth-order valence-electron chi connectivity index (χ4n) is 3.04. The van der Waals surface area contributed by atoms with E-state index in [1.165, 1.54) is 0 Å². The molecule has 5 heteroatoms. The molecule has 0 unspecified atom stereocenters. The van der Waals surface area contributed by atoms with Gasteiger partial charge in [-0.3, -0.25) is 9.59 Å². The molecule has 2 amide bonds. The molecule has 23 heavy (non-hydrogen) atoms. The lowest BCUT2D eigenvalue weighted by molar-refractivity contribution is -0.140. The van der Waals surface area contributed by atoms with Crippen molar-refractivity contribution in [3.63, 3.8) is 0 Å². The van der Waals surface area contributed by atoms with E-state index in [1.807, 2.05) is 45.3 Å². The number of rotatable bonds is 5. The molecular formula is C18H27N3O2. The van der Waals surface area contributed by atoms with E-state index in [2.05, 4.69) is 10.2 Å². The highest BCUT2D eigenvalue weighted by molar-refractivity contribution is 5.97. The third kappa shape index (κ3) is 4.79. The van der Waals surface area contributed by atoms with E-state index in [0.29, 0.717) is 13.0 Å². The Morgan fingerprint density at radius 3 is 2.78 bits per heavy atom. The fourth-order valence-corrected chi connectivity index (χ4v) is 3.04. The normalized spacial score (nSPS) is 18.1. The Morgan fingerprint density at radius 2 is 2.09 bits per heavy atom. The van der Waals surface area contributed by atoms with Gasteiger partial charge >= 0.3 is 0 Å². The maximum atomic E-state index is 12.6. The Hall–Kier alpha value is -1.88. The summed E-state index contributed by atoms with van der Waals surface area (Å²) in [7, 11) is 4.03. The molecular weight excluding hydrogens is 290 g/mol. The molecule has 1 aliphatic rings. The second-order valence-electron chi connectivity index (χ2n) is 6.38. The second-order valence-corrected chi connectivity index (χ2v) is 6.38. The zero-order chi connectivity index (χ0) is 16.8. The molecule has 1 heterocycles. The first-order valence-corrected chi connectivity index (χ1v) is 8.35. The highest BCUT2D eigenvalue weighted by atomic mass is 16.2. The van der Waals surface area contributed by atoms with Crippen molar-refractivity contribution >= 4 is 17.5 Å². The van der Waals surface area contributed by atoms with Gasteiger partial charge in [-0.15, -0.1) is 0 Å². The minimum Gasteiger partial charge on any atom is -0.331 e. The number of nitrogens with zero attached hydrogens (tertiary/aromatic N) is 2. The van der Waals surface area contributed by atoms with E-state index in [9.17, 15) is 9.59 Å². The third-order valence-corrected chi connectivity index (χ3v) is 4.12. The molecule has 5 nitrogen and oxygen atoms in total. The van der Waals surface area contributed by atoms with Crippen LogP contribution < -0.4 is 5.32 Å². The van der Waals surface area contributed by atoms with Crippen molar-refractivity contribution < 1.29 is 9.59 Å². The van der Waals surface area contributed by atoms with Crippen molar-refractivity contribution in [2.45, 2.75) is 45.2 Å². The van der Waals surface area contributed by atoms with E-state index in [0.717, 1.165) is 37.1 Å². The predicted octanol–water partition coefficient (Wildman–Crippen LogP) is 2.48. The number of benzene rings is 1. The number of carbonyl (C=O) groups excluding carboxylic acids is 2. The van der Waals surface area contributed by atoms with Gasteiger partial charge in [0.1, 0.15) is 6.04 Å². The topological polar surface area (TPSA) is 52.7 Å². The van der Waals surface area contributed by atoms with Crippen LogP contribution >= 0.6 is 0 Å². The summed E-state index contributed by atoms with van der Waals surface area (Å²) in [5, 5.41) is 2.98. The zero-order valence-corrected chi connectivity index (χ0v) is 14.3. The van der Waals surface area contributed by atoms with Crippen molar-refractivity contribution in [3.8, 4) is 0 Å². The fraction of sp³-hybridized carbons (Fsp3) is 0.556. The monoisotopic (exact) mass is 317 g/mol. The molecule has 0 saturated carbocycles. The first kappa shape index (κ1) is 17.5. The van der Waals surface area contributed by atoms with Crippen LogP contribution in [-0.4, -0.2) is 48.3 Å². The molecule has 0 aliphatic carbocycles. The summed E-state index contributed by atoms with van der Waals surface area (Å²) in [6.45, 7) is 3.36. The van der Waals surface area contributed by atoms with Gasteiger partial charge < -0.3 is 15.1 Å². The maximum absolute atomic E-state index is 12.6. The first-order valence-electron chi connectivity index (χ1n) is 8.35. The lowest BCUT2D eigenvalue weighted by Gasteiger charge is -2.34. The number of hydrogen-bond acceptors (Lipinski definition) is 3. The zero-order valence-electron chi connectivity index (χ0n) is 14.3. The summed E-state index contributed by atoms with van der Waals surface area (Å²) in [5.41, 5.74) is 1.95. The van der Waals surface area contributed by atoms with Crippen molar-refractivity contribution in [1.82, 2.24) is 9.80 Å². The van der Waals surface area contributed by atoms with Crippen molar-refractivity contribution in [2.24, 2.45) is 0 Å². The second kappa shape index (κ2) is 8.11. The Kier molecular flexibility index (Phi) is 6.16. The molecule has 0 bridgehead atoms. The smallest absolute Gasteiger partial charge is 0.247 e. The molecule has 1 aromatic carbocycles. The van der Waals surface area contributed by atoms with Gasteiger partial charge in [-0.1, -0.05) is 19.1 Å². The van der Waals surface area contributed by atoms with Crippen LogP contribution in [0.25, 0.3) is 0 Å². The Bertz CT molecular complexity index is 557. The highest BCUT2D eigenvalue weighted by Gasteiger charge is 2.31. The molecule has 0 spiro atoms. The Balaban J connectivity index is 2.06. The maximum Gasteiger partial charge on any atom is 0.247 e. The van der Waals surface area contributed by atoms with Crippen molar-refractivity contribution in [2.75, 3.05) is 26.0 Å². The molecule has 1 fully saturated rings. The Morgan fingerprint density at radius 1 is 1.30 bits per heavy atom. The van der Waals surface area contributed by atoms with Crippen LogP contribution in [0.5, 0.6) is 0 Å².